The lowest BCUT2D eigenvalue weighted by atomic mass is 9.96. The van der Waals surface area contributed by atoms with Crippen LogP contribution in [0.15, 0.2) is 84.9 Å². The van der Waals surface area contributed by atoms with Crippen LogP contribution in [0.3, 0.4) is 0 Å². The van der Waals surface area contributed by atoms with Gasteiger partial charge in [0.2, 0.25) is 0 Å². The summed E-state index contributed by atoms with van der Waals surface area (Å²) < 4.78 is 2.43. The van der Waals surface area contributed by atoms with Crippen molar-refractivity contribution < 1.29 is 0 Å². The highest BCUT2D eigenvalue weighted by molar-refractivity contribution is 6.42. The number of halogens is 1. The second kappa shape index (κ2) is 4.95. The number of rotatable bonds is 0. The predicted octanol–water partition coefficient (Wildman–Crippen LogP) is 7.80. The van der Waals surface area contributed by atoms with Gasteiger partial charge in [-0.2, -0.15) is 0 Å². The Balaban J connectivity index is 2.07. The second-order valence-electron chi connectivity index (χ2n) is 7.52. The number of para-hydroxylation sites is 2. The molecule has 0 unspecified atom stereocenters. The lowest BCUT2D eigenvalue weighted by Crippen LogP contribution is -1.85. The third-order valence-electron chi connectivity index (χ3n) is 6.16. The maximum Gasteiger partial charge on any atom is 0.0626 e. The molecule has 7 aromatic rings. The molecule has 0 N–H and O–H groups in total. The molecule has 2 heteroatoms. The van der Waals surface area contributed by atoms with E-state index in [9.17, 15) is 0 Å². The molecule has 0 atom stereocenters. The fourth-order valence-corrected chi connectivity index (χ4v) is 5.34. The van der Waals surface area contributed by atoms with Crippen molar-refractivity contribution in [2.45, 2.75) is 0 Å². The standard InChI is InChI=1S/C26H14ClN/c27-21-14-15-6-5-9-18-16-7-1-3-10-22(16)28-23-11-4-2-8-17(23)19-12-13-20(21)25(24(15)18)26(19)28/h1-14H. The first-order valence-corrected chi connectivity index (χ1v) is 9.87. The highest BCUT2D eigenvalue weighted by Gasteiger charge is 2.19. The normalized spacial score (nSPS) is 12.5. The van der Waals surface area contributed by atoms with Crippen molar-refractivity contribution in [1.29, 1.82) is 0 Å². The third-order valence-corrected chi connectivity index (χ3v) is 6.47. The van der Waals surface area contributed by atoms with Gasteiger partial charge in [0, 0.05) is 32.0 Å². The van der Waals surface area contributed by atoms with E-state index in [0.29, 0.717) is 0 Å². The summed E-state index contributed by atoms with van der Waals surface area (Å²) in [5.74, 6) is 0. The smallest absolute Gasteiger partial charge is 0.0626 e. The molecule has 2 aromatic heterocycles. The highest BCUT2D eigenvalue weighted by Crippen LogP contribution is 2.44. The van der Waals surface area contributed by atoms with Gasteiger partial charge in [-0.3, -0.25) is 0 Å². The van der Waals surface area contributed by atoms with Crippen LogP contribution in [-0.2, 0) is 0 Å². The van der Waals surface area contributed by atoms with E-state index in [-0.39, 0.29) is 0 Å². The molecular weight excluding hydrogens is 362 g/mol. The van der Waals surface area contributed by atoms with Crippen molar-refractivity contribution in [3.8, 4) is 0 Å². The third kappa shape index (κ3) is 1.60. The Kier molecular flexibility index (Phi) is 2.60. The first-order chi connectivity index (χ1) is 13.8. The van der Waals surface area contributed by atoms with E-state index < -0.39 is 0 Å². The molecule has 0 bridgehead atoms. The predicted molar refractivity (Wildman–Crippen MR) is 121 cm³/mol. The highest BCUT2D eigenvalue weighted by atomic mass is 35.5. The van der Waals surface area contributed by atoms with E-state index in [2.05, 4.69) is 89.3 Å². The van der Waals surface area contributed by atoms with Gasteiger partial charge in [-0.05, 0) is 34.4 Å². The van der Waals surface area contributed by atoms with Crippen LogP contribution < -0.4 is 0 Å². The summed E-state index contributed by atoms with van der Waals surface area (Å²) in [6.07, 6.45) is 0. The Morgan fingerprint density at radius 1 is 0.536 bits per heavy atom. The van der Waals surface area contributed by atoms with Gasteiger partial charge >= 0.3 is 0 Å². The maximum atomic E-state index is 6.76. The van der Waals surface area contributed by atoms with Crippen molar-refractivity contribution in [2.75, 3.05) is 0 Å². The van der Waals surface area contributed by atoms with Crippen LogP contribution in [0, 0.1) is 0 Å². The number of nitrogens with zero attached hydrogens (tertiary/aromatic N) is 1. The first kappa shape index (κ1) is 14.7. The zero-order valence-electron chi connectivity index (χ0n) is 14.9. The number of hydrogen-bond donors (Lipinski definition) is 0. The largest absolute Gasteiger partial charge is 0.308 e. The molecule has 5 aromatic carbocycles. The van der Waals surface area contributed by atoms with Crippen LogP contribution in [-0.4, -0.2) is 4.40 Å². The molecule has 7 rings (SSSR count). The van der Waals surface area contributed by atoms with Gasteiger partial charge in [0.25, 0.3) is 0 Å². The molecule has 0 saturated carbocycles. The summed E-state index contributed by atoms with van der Waals surface area (Å²) >= 11 is 6.76. The minimum Gasteiger partial charge on any atom is -0.308 e. The summed E-state index contributed by atoms with van der Waals surface area (Å²) in [7, 11) is 0. The molecular formula is C26H14ClN. The van der Waals surface area contributed by atoms with Crippen molar-refractivity contribution in [1.82, 2.24) is 4.40 Å². The molecule has 0 spiro atoms. The van der Waals surface area contributed by atoms with Crippen LogP contribution in [0.2, 0.25) is 5.02 Å². The summed E-state index contributed by atoms with van der Waals surface area (Å²) in [5, 5.41) is 10.8. The van der Waals surface area contributed by atoms with Crippen molar-refractivity contribution in [3.63, 3.8) is 0 Å². The van der Waals surface area contributed by atoms with Crippen molar-refractivity contribution in [2.24, 2.45) is 0 Å². The van der Waals surface area contributed by atoms with Crippen molar-refractivity contribution >= 4 is 71.2 Å². The van der Waals surface area contributed by atoms with Crippen LogP contribution >= 0.6 is 11.6 Å². The Bertz CT molecular complexity index is 1720. The minimum atomic E-state index is 0.810. The molecule has 0 amide bonds. The molecule has 0 radical (unpaired) electrons. The first-order valence-electron chi connectivity index (χ1n) is 9.50. The van der Waals surface area contributed by atoms with Crippen LogP contribution in [0.4, 0.5) is 0 Å². The van der Waals surface area contributed by atoms with E-state index in [4.69, 9.17) is 11.6 Å². The summed E-state index contributed by atoms with van der Waals surface area (Å²) in [6.45, 7) is 0. The summed E-state index contributed by atoms with van der Waals surface area (Å²) in [6, 6.07) is 30.5. The van der Waals surface area contributed by atoms with Gasteiger partial charge in [0.05, 0.1) is 16.6 Å². The Morgan fingerprint density at radius 2 is 1.18 bits per heavy atom. The fraction of sp³-hybridized carbons (Fsp3) is 0. The Morgan fingerprint density at radius 3 is 1.96 bits per heavy atom. The molecule has 2 heterocycles. The second-order valence-corrected chi connectivity index (χ2v) is 7.92. The van der Waals surface area contributed by atoms with Gasteiger partial charge in [0.15, 0.2) is 0 Å². The lowest BCUT2D eigenvalue weighted by molar-refractivity contribution is 1.36. The summed E-state index contributed by atoms with van der Waals surface area (Å²) in [4.78, 5) is 0. The fourth-order valence-electron chi connectivity index (χ4n) is 5.06. The molecule has 28 heavy (non-hydrogen) atoms. The van der Waals surface area contributed by atoms with E-state index in [1.807, 2.05) is 0 Å². The zero-order chi connectivity index (χ0) is 18.4. The molecule has 0 aliphatic carbocycles. The van der Waals surface area contributed by atoms with Crippen LogP contribution in [0.1, 0.15) is 0 Å². The van der Waals surface area contributed by atoms with Gasteiger partial charge in [-0.1, -0.05) is 78.3 Å². The quantitative estimate of drug-likeness (QED) is 0.238. The van der Waals surface area contributed by atoms with Gasteiger partial charge < -0.3 is 4.40 Å². The SMILES string of the molecule is Clc1cc2cccc3c4ccccc4n4c5ccccc5c5ccc1c(c23)c54. The minimum absolute atomic E-state index is 0.810. The summed E-state index contributed by atoms with van der Waals surface area (Å²) in [5.41, 5.74) is 3.71. The number of fused-ring (bicyclic) bond motifs is 6. The van der Waals surface area contributed by atoms with E-state index >= 15 is 0 Å². The van der Waals surface area contributed by atoms with E-state index in [0.717, 1.165) is 10.4 Å². The molecule has 0 fully saturated rings. The molecule has 130 valence electrons. The lowest BCUT2D eigenvalue weighted by Gasteiger charge is -2.09. The number of hydrogen-bond acceptors (Lipinski definition) is 0. The topological polar surface area (TPSA) is 4.41 Å². The Labute approximate surface area is 165 Å². The Hall–Kier alpha value is -3.29. The monoisotopic (exact) mass is 375 g/mol. The van der Waals surface area contributed by atoms with Gasteiger partial charge in [0.1, 0.15) is 0 Å². The average Bonchev–Trinajstić information content (AvgIpc) is 3.00. The van der Waals surface area contributed by atoms with Crippen molar-refractivity contribution in [3.05, 3.63) is 90.0 Å². The van der Waals surface area contributed by atoms with Crippen LogP contribution in [0.25, 0.3) is 59.6 Å². The van der Waals surface area contributed by atoms with Gasteiger partial charge in [-0.15, -0.1) is 0 Å². The molecule has 1 nitrogen and oxygen atoms in total. The molecule has 0 aliphatic rings. The number of aromatic nitrogens is 1. The van der Waals surface area contributed by atoms with E-state index in [1.165, 1.54) is 54.3 Å². The zero-order valence-corrected chi connectivity index (χ0v) is 15.7. The van der Waals surface area contributed by atoms with Gasteiger partial charge in [-0.25, -0.2) is 0 Å². The maximum absolute atomic E-state index is 6.76. The van der Waals surface area contributed by atoms with E-state index in [1.54, 1.807) is 0 Å². The van der Waals surface area contributed by atoms with Crippen LogP contribution in [0.5, 0.6) is 0 Å². The average molecular weight is 376 g/mol. The number of benzene rings is 5. The molecule has 0 aliphatic heterocycles. The molecule has 0 saturated heterocycles.